The van der Waals surface area contributed by atoms with Crippen LogP contribution in [0.3, 0.4) is 0 Å². The molecule has 2 rings (SSSR count). The van der Waals surface area contributed by atoms with Gasteiger partial charge in [-0.15, -0.1) is 0 Å². The molecule has 5 heteroatoms. The summed E-state index contributed by atoms with van der Waals surface area (Å²) in [7, 11) is 2.04. The van der Waals surface area contributed by atoms with E-state index in [1.54, 1.807) is 12.1 Å². The van der Waals surface area contributed by atoms with Crippen molar-refractivity contribution in [1.29, 1.82) is 0 Å². The Morgan fingerprint density at radius 2 is 2.11 bits per heavy atom. The molecular formula is C13H15Cl2N3. The predicted octanol–water partition coefficient (Wildman–Crippen LogP) is 3.64. The van der Waals surface area contributed by atoms with Gasteiger partial charge in [0.1, 0.15) is 0 Å². The molecule has 0 atom stereocenters. The van der Waals surface area contributed by atoms with Crippen LogP contribution in [-0.4, -0.2) is 18.5 Å². The van der Waals surface area contributed by atoms with Gasteiger partial charge in [-0.05, 0) is 43.0 Å². The molecule has 0 radical (unpaired) electrons. The number of hydrogen-bond donors (Lipinski definition) is 2. The lowest BCUT2D eigenvalue weighted by atomic mass is 10.2. The van der Waals surface area contributed by atoms with Crippen LogP contribution in [0.25, 0.3) is 0 Å². The van der Waals surface area contributed by atoms with E-state index < -0.39 is 0 Å². The number of nitrogens with one attached hydrogen (secondary N) is 2. The van der Waals surface area contributed by atoms with Gasteiger partial charge in [0.2, 0.25) is 0 Å². The molecule has 0 unspecified atom stereocenters. The summed E-state index contributed by atoms with van der Waals surface area (Å²) in [5, 5.41) is 1.22. The topological polar surface area (TPSA) is 27.3 Å². The highest BCUT2D eigenvalue weighted by molar-refractivity contribution is 6.36. The molecule has 1 aliphatic rings. The quantitative estimate of drug-likeness (QED) is 0.830. The van der Waals surface area contributed by atoms with Crippen LogP contribution in [0, 0.1) is 0 Å². The Kier molecular flexibility index (Phi) is 4.04. The van der Waals surface area contributed by atoms with Gasteiger partial charge in [-0.3, -0.25) is 5.43 Å². The molecule has 0 fully saturated rings. The first-order valence-electron chi connectivity index (χ1n) is 5.61. The van der Waals surface area contributed by atoms with Crippen molar-refractivity contribution in [2.45, 2.75) is 6.92 Å². The molecule has 96 valence electrons. The highest BCUT2D eigenvalue weighted by atomic mass is 35.5. The van der Waals surface area contributed by atoms with E-state index in [2.05, 4.69) is 28.0 Å². The molecule has 1 heterocycles. The van der Waals surface area contributed by atoms with E-state index in [0.717, 1.165) is 17.9 Å². The van der Waals surface area contributed by atoms with Gasteiger partial charge in [0.25, 0.3) is 0 Å². The van der Waals surface area contributed by atoms with Crippen LogP contribution in [0.15, 0.2) is 41.7 Å². The van der Waals surface area contributed by atoms with Gasteiger partial charge in [0.05, 0.1) is 10.7 Å². The zero-order valence-corrected chi connectivity index (χ0v) is 11.8. The number of hydrazine groups is 1. The average Bonchev–Trinajstić information content (AvgIpc) is 2.74. The van der Waals surface area contributed by atoms with Crippen molar-refractivity contribution in [2.75, 3.05) is 19.0 Å². The van der Waals surface area contributed by atoms with Crippen LogP contribution in [0.5, 0.6) is 0 Å². The number of benzene rings is 1. The molecule has 0 saturated carbocycles. The van der Waals surface area contributed by atoms with Crippen molar-refractivity contribution < 1.29 is 0 Å². The third kappa shape index (κ3) is 3.12. The van der Waals surface area contributed by atoms with Crippen LogP contribution < -0.4 is 10.9 Å². The second kappa shape index (κ2) is 5.55. The minimum Gasteiger partial charge on any atom is -0.376 e. The molecule has 1 aromatic carbocycles. The molecule has 1 aromatic rings. The van der Waals surface area contributed by atoms with Gasteiger partial charge in [0.15, 0.2) is 0 Å². The number of likely N-dealkylation sites (N-methyl/N-ethyl adjacent to an activating group) is 1. The van der Waals surface area contributed by atoms with Gasteiger partial charge >= 0.3 is 0 Å². The molecular weight excluding hydrogens is 269 g/mol. The fourth-order valence-electron chi connectivity index (χ4n) is 1.67. The molecule has 3 nitrogen and oxygen atoms in total. The molecule has 0 aliphatic carbocycles. The number of halogens is 2. The second-order valence-corrected chi connectivity index (χ2v) is 5.10. The Hall–Kier alpha value is -1.32. The lowest BCUT2D eigenvalue weighted by Crippen LogP contribution is -2.22. The first-order valence-corrected chi connectivity index (χ1v) is 6.37. The van der Waals surface area contributed by atoms with E-state index in [9.17, 15) is 0 Å². The summed E-state index contributed by atoms with van der Waals surface area (Å²) in [4.78, 5) is 2.12. The standard InChI is InChI=1S/C13H15Cl2N3/c1-9(10-5-6-18(2)8-10)16-17-13-4-3-11(14)7-12(13)15/h3-7,16-17H,8H2,1-2H3. The Labute approximate surface area is 117 Å². The van der Waals surface area contributed by atoms with Crippen molar-refractivity contribution >= 4 is 28.9 Å². The number of anilines is 1. The number of allylic oxidation sites excluding steroid dienone is 1. The van der Waals surface area contributed by atoms with E-state index >= 15 is 0 Å². The maximum atomic E-state index is 6.07. The van der Waals surface area contributed by atoms with E-state index in [0.29, 0.717) is 10.0 Å². The second-order valence-electron chi connectivity index (χ2n) is 4.26. The van der Waals surface area contributed by atoms with Crippen LogP contribution in [-0.2, 0) is 0 Å². The summed E-state index contributed by atoms with van der Waals surface area (Å²) in [6, 6.07) is 5.34. The summed E-state index contributed by atoms with van der Waals surface area (Å²) in [6.45, 7) is 2.94. The molecule has 1 aliphatic heterocycles. The SMILES string of the molecule is CC(NNc1ccc(Cl)cc1Cl)=C1C=CN(C)C1. The van der Waals surface area contributed by atoms with Crippen LogP contribution in [0.4, 0.5) is 5.69 Å². The van der Waals surface area contributed by atoms with Crippen LogP contribution in [0.2, 0.25) is 10.0 Å². The monoisotopic (exact) mass is 283 g/mol. The number of rotatable bonds is 3. The Bertz CT molecular complexity index is 509. The molecule has 0 amide bonds. The molecule has 0 spiro atoms. The third-order valence-corrected chi connectivity index (χ3v) is 3.30. The zero-order valence-electron chi connectivity index (χ0n) is 10.3. The van der Waals surface area contributed by atoms with Crippen molar-refractivity contribution in [1.82, 2.24) is 10.3 Å². The highest BCUT2D eigenvalue weighted by Gasteiger charge is 2.08. The normalized spacial score (nSPS) is 17.0. The minimum absolute atomic E-state index is 0.590. The fraction of sp³-hybridized carbons (Fsp3) is 0.231. The van der Waals surface area contributed by atoms with Gasteiger partial charge < -0.3 is 10.3 Å². The summed E-state index contributed by atoms with van der Waals surface area (Å²) < 4.78 is 0. The van der Waals surface area contributed by atoms with Crippen LogP contribution >= 0.6 is 23.2 Å². The van der Waals surface area contributed by atoms with Crippen molar-refractivity contribution in [3.05, 3.63) is 51.8 Å². The molecule has 18 heavy (non-hydrogen) atoms. The van der Waals surface area contributed by atoms with Crippen LogP contribution in [0.1, 0.15) is 6.92 Å². The Balaban J connectivity index is 2.02. The first kappa shape index (κ1) is 13.1. The van der Waals surface area contributed by atoms with Gasteiger partial charge in [0, 0.05) is 24.3 Å². The van der Waals surface area contributed by atoms with Gasteiger partial charge in [-0.2, -0.15) is 0 Å². The Morgan fingerprint density at radius 3 is 2.72 bits per heavy atom. The lowest BCUT2D eigenvalue weighted by molar-refractivity contribution is 0.520. The van der Waals surface area contributed by atoms with Crippen molar-refractivity contribution in [3.63, 3.8) is 0 Å². The summed E-state index contributed by atoms with van der Waals surface area (Å²) >= 11 is 11.9. The molecule has 2 N–H and O–H groups in total. The largest absolute Gasteiger partial charge is 0.376 e. The first-order chi connectivity index (χ1) is 8.56. The van der Waals surface area contributed by atoms with E-state index in [1.807, 2.05) is 20.0 Å². The minimum atomic E-state index is 0.590. The number of hydrogen-bond acceptors (Lipinski definition) is 3. The lowest BCUT2D eigenvalue weighted by Gasteiger charge is -2.14. The molecule has 0 aromatic heterocycles. The van der Waals surface area contributed by atoms with Gasteiger partial charge in [-0.1, -0.05) is 23.2 Å². The smallest absolute Gasteiger partial charge is 0.0727 e. The summed E-state index contributed by atoms with van der Waals surface area (Å²) in [5.74, 6) is 0. The maximum Gasteiger partial charge on any atom is 0.0727 e. The maximum absolute atomic E-state index is 6.07. The third-order valence-electron chi connectivity index (χ3n) is 2.75. The average molecular weight is 284 g/mol. The highest BCUT2D eigenvalue weighted by Crippen LogP contribution is 2.25. The summed E-state index contributed by atoms with van der Waals surface area (Å²) in [5.41, 5.74) is 9.35. The van der Waals surface area contributed by atoms with E-state index in [1.165, 1.54) is 5.57 Å². The summed E-state index contributed by atoms with van der Waals surface area (Å²) in [6.07, 6.45) is 4.14. The molecule has 0 bridgehead atoms. The van der Waals surface area contributed by atoms with Gasteiger partial charge in [-0.25, -0.2) is 0 Å². The molecule has 0 saturated heterocycles. The fourth-order valence-corrected chi connectivity index (χ4v) is 2.12. The van der Waals surface area contributed by atoms with Crippen molar-refractivity contribution in [3.8, 4) is 0 Å². The zero-order chi connectivity index (χ0) is 13.1. The van der Waals surface area contributed by atoms with Crippen molar-refractivity contribution in [2.24, 2.45) is 0 Å². The predicted molar refractivity (Wildman–Crippen MR) is 77.7 cm³/mol. The Morgan fingerprint density at radius 1 is 1.33 bits per heavy atom. The van der Waals surface area contributed by atoms with E-state index in [4.69, 9.17) is 23.2 Å². The van der Waals surface area contributed by atoms with E-state index in [-0.39, 0.29) is 0 Å². The number of nitrogens with zero attached hydrogens (tertiary/aromatic N) is 1.